The molecule has 1 aromatic heterocycles. The van der Waals surface area contributed by atoms with Crippen LogP contribution in [0, 0.1) is 6.45 Å². The van der Waals surface area contributed by atoms with Crippen LogP contribution in [0.4, 0.5) is 0 Å². The van der Waals surface area contributed by atoms with Crippen LogP contribution < -0.4 is 0 Å². The van der Waals surface area contributed by atoms with Crippen LogP contribution in [0.1, 0.15) is 5.56 Å². The van der Waals surface area contributed by atoms with E-state index in [-0.39, 0.29) is 6.61 Å². The van der Waals surface area contributed by atoms with E-state index in [0.717, 1.165) is 5.56 Å². The van der Waals surface area contributed by atoms with Crippen molar-refractivity contribution < 1.29 is 5.11 Å². The molecule has 1 N–H and O–H groups in total. The Morgan fingerprint density at radius 2 is 2.00 bits per heavy atom. The van der Waals surface area contributed by atoms with Crippen molar-refractivity contribution in [2.75, 3.05) is 0 Å². The van der Waals surface area contributed by atoms with Gasteiger partial charge in [0, 0.05) is 8.27 Å². The molecule has 2 rings (SSSR count). The summed E-state index contributed by atoms with van der Waals surface area (Å²) in [5.41, 5.74) is 1.04. The number of hydrogen-bond donors (Lipinski definition) is 1. The lowest BCUT2D eigenvalue weighted by atomic mass is 10.2. The normalized spacial score (nSPS) is 11.0. The summed E-state index contributed by atoms with van der Waals surface area (Å²) < 4.78 is 3.67. The number of thiophene rings is 1. The minimum Gasteiger partial charge on any atom is -0.392 e. The van der Waals surface area contributed by atoms with E-state index in [1.54, 1.807) is 11.3 Å². The van der Waals surface area contributed by atoms with Gasteiger partial charge in [-0.25, -0.2) is 0 Å². The fraction of sp³-hybridized carbons (Fsp3) is 0.111. The van der Waals surface area contributed by atoms with E-state index in [0.29, 0.717) is 0 Å². The highest BCUT2D eigenvalue weighted by Gasteiger charge is 2.05. The summed E-state index contributed by atoms with van der Waals surface area (Å²) in [6, 6.07) is 6.34. The molecule has 0 spiro atoms. The molecule has 1 aromatic carbocycles. The lowest BCUT2D eigenvalue weighted by molar-refractivity contribution is 0.283. The summed E-state index contributed by atoms with van der Waals surface area (Å²) in [7, 11) is 0. The van der Waals surface area contributed by atoms with Crippen molar-refractivity contribution in [1.29, 1.82) is 0 Å². The maximum atomic E-state index is 9.17. The van der Waals surface area contributed by atoms with Crippen molar-refractivity contribution in [2.45, 2.75) is 6.61 Å². The number of hydrogen-bond acceptors (Lipinski definition) is 2. The van der Waals surface area contributed by atoms with Crippen molar-refractivity contribution in [3.05, 3.63) is 30.2 Å². The van der Waals surface area contributed by atoms with Crippen LogP contribution in [-0.4, -0.2) is 5.11 Å². The fourth-order valence-electron chi connectivity index (χ4n) is 1.27. The van der Waals surface area contributed by atoms with Gasteiger partial charge >= 0.3 is 0 Å². The topological polar surface area (TPSA) is 20.2 Å². The highest BCUT2D eigenvalue weighted by atomic mass is 127. The molecule has 0 fully saturated rings. The van der Waals surface area contributed by atoms with Gasteiger partial charge in [-0.1, -0.05) is 0 Å². The standard InChI is InChI=1S/C9H6I2OS/c10-7-1-5-3-8(11)13-9(5)6(2-7)4-12/h1-3,12H,4H2. The van der Waals surface area contributed by atoms with Gasteiger partial charge in [-0.2, -0.15) is 0 Å². The first-order valence-corrected chi connectivity index (χ1v) is 6.66. The van der Waals surface area contributed by atoms with Gasteiger partial charge < -0.3 is 5.11 Å². The molecule has 1 nitrogen and oxygen atoms in total. The molecule has 0 saturated heterocycles. The molecular formula is C9H6I2OS. The monoisotopic (exact) mass is 416 g/mol. The van der Waals surface area contributed by atoms with Gasteiger partial charge in [0.05, 0.1) is 9.49 Å². The number of benzene rings is 1. The molecule has 0 aliphatic heterocycles. The van der Waals surface area contributed by atoms with Gasteiger partial charge in [0.1, 0.15) is 0 Å². The number of halogens is 2. The number of aliphatic hydroxyl groups is 1. The first kappa shape index (κ1) is 10.1. The molecular weight excluding hydrogens is 410 g/mol. The minimum absolute atomic E-state index is 0.129. The van der Waals surface area contributed by atoms with Crippen molar-refractivity contribution >= 4 is 66.6 Å². The molecule has 0 unspecified atom stereocenters. The number of aliphatic hydroxyl groups excluding tert-OH is 1. The second-order valence-corrected chi connectivity index (χ2v) is 6.88. The van der Waals surface area contributed by atoms with E-state index < -0.39 is 0 Å². The first-order chi connectivity index (χ1) is 6.20. The van der Waals surface area contributed by atoms with Crippen LogP contribution in [0.15, 0.2) is 18.2 Å². The quantitative estimate of drug-likeness (QED) is 0.705. The van der Waals surface area contributed by atoms with Crippen LogP contribution in [0.25, 0.3) is 10.1 Å². The van der Waals surface area contributed by atoms with E-state index in [1.807, 2.05) is 6.07 Å². The highest BCUT2D eigenvalue weighted by molar-refractivity contribution is 14.1. The van der Waals surface area contributed by atoms with Gasteiger partial charge in [-0.15, -0.1) is 11.3 Å². The van der Waals surface area contributed by atoms with Crippen LogP contribution in [-0.2, 0) is 6.61 Å². The lowest BCUT2D eigenvalue weighted by Gasteiger charge is -1.99. The third-order valence-electron chi connectivity index (χ3n) is 1.80. The van der Waals surface area contributed by atoms with E-state index in [4.69, 9.17) is 0 Å². The van der Waals surface area contributed by atoms with Gasteiger partial charge in [-0.3, -0.25) is 0 Å². The Kier molecular flexibility index (Phi) is 3.11. The predicted molar refractivity (Wildman–Crippen MR) is 73.2 cm³/mol. The van der Waals surface area contributed by atoms with Gasteiger partial charge in [-0.05, 0) is 74.3 Å². The zero-order chi connectivity index (χ0) is 9.42. The second kappa shape index (κ2) is 4.00. The molecule has 1 heterocycles. The smallest absolute Gasteiger partial charge is 0.0696 e. The molecule has 0 aliphatic rings. The lowest BCUT2D eigenvalue weighted by Crippen LogP contribution is -1.83. The Balaban J connectivity index is 2.80. The Morgan fingerprint density at radius 1 is 1.23 bits per heavy atom. The van der Waals surface area contributed by atoms with Crippen LogP contribution in [0.5, 0.6) is 0 Å². The van der Waals surface area contributed by atoms with Gasteiger partial charge in [0.2, 0.25) is 0 Å². The second-order valence-electron chi connectivity index (χ2n) is 2.69. The zero-order valence-electron chi connectivity index (χ0n) is 6.55. The molecule has 4 heteroatoms. The maximum absolute atomic E-state index is 9.17. The Morgan fingerprint density at radius 3 is 2.69 bits per heavy atom. The van der Waals surface area contributed by atoms with Crippen LogP contribution >= 0.6 is 56.5 Å². The molecule has 0 bridgehead atoms. The Hall–Kier alpha value is 0.600. The predicted octanol–water partition coefficient (Wildman–Crippen LogP) is 3.60. The van der Waals surface area contributed by atoms with E-state index >= 15 is 0 Å². The largest absolute Gasteiger partial charge is 0.392 e. The summed E-state index contributed by atoms with van der Waals surface area (Å²) in [5, 5.41) is 10.4. The zero-order valence-corrected chi connectivity index (χ0v) is 11.7. The highest BCUT2D eigenvalue weighted by Crippen LogP contribution is 2.31. The number of rotatable bonds is 1. The van der Waals surface area contributed by atoms with Crippen LogP contribution in [0.3, 0.4) is 0 Å². The average molecular weight is 416 g/mol. The van der Waals surface area contributed by atoms with Crippen molar-refractivity contribution in [3.8, 4) is 0 Å². The van der Waals surface area contributed by atoms with Crippen molar-refractivity contribution in [2.24, 2.45) is 0 Å². The third-order valence-corrected chi connectivity index (χ3v) is 4.41. The van der Waals surface area contributed by atoms with Crippen molar-refractivity contribution in [3.63, 3.8) is 0 Å². The van der Waals surface area contributed by atoms with Crippen LogP contribution in [0.2, 0.25) is 0 Å². The van der Waals surface area contributed by atoms with E-state index in [2.05, 4.69) is 57.3 Å². The first-order valence-electron chi connectivity index (χ1n) is 3.69. The molecule has 0 saturated carbocycles. The molecule has 68 valence electrons. The molecule has 0 aliphatic carbocycles. The molecule has 0 radical (unpaired) electrons. The summed E-state index contributed by atoms with van der Waals surface area (Å²) >= 11 is 6.32. The molecule has 2 aromatic rings. The molecule has 0 amide bonds. The summed E-state index contributed by atoms with van der Waals surface area (Å²) in [5.74, 6) is 0. The van der Waals surface area contributed by atoms with Gasteiger partial charge in [0.25, 0.3) is 0 Å². The minimum atomic E-state index is 0.129. The maximum Gasteiger partial charge on any atom is 0.0696 e. The fourth-order valence-corrected chi connectivity index (χ4v) is 3.85. The Labute approximate surface area is 107 Å². The summed E-state index contributed by atoms with van der Waals surface area (Å²) in [6.07, 6.45) is 0. The van der Waals surface area contributed by atoms with Crippen molar-refractivity contribution in [1.82, 2.24) is 0 Å². The Bertz CT molecular complexity index is 450. The van der Waals surface area contributed by atoms with E-state index in [9.17, 15) is 5.11 Å². The van der Waals surface area contributed by atoms with E-state index in [1.165, 1.54) is 16.5 Å². The van der Waals surface area contributed by atoms with Gasteiger partial charge in [0.15, 0.2) is 0 Å². The average Bonchev–Trinajstić information content (AvgIpc) is 2.43. The number of fused-ring (bicyclic) bond motifs is 1. The summed E-state index contributed by atoms with van der Waals surface area (Å²) in [4.78, 5) is 0. The molecule has 13 heavy (non-hydrogen) atoms. The SMILES string of the molecule is OCc1cc(I)cc2cc(I)sc12. The third kappa shape index (κ3) is 2.00. The molecule has 0 atom stereocenters. The summed E-state index contributed by atoms with van der Waals surface area (Å²) in [6.45, 7) is 0.129.